The molecule has 90 valence electrons. The van der Waals surface area contributed by atoms with Crippen LogP contribution in [0, 0.1) is 0 Å². The van der Waals surface area contributed by atoms with Gasteiger partial charge in [0, 0.05) is 13.1 Å². The summed E-state index contributed by atoms with van der Waals surface area (Å²) in [6.07, 6.45) is 3.22. The SMILES string of the molecule is CNc1cc(NCc2ncon2)nc(SC)n1. The van der Waals surface area contributed by atoms with Gasteiger partial charge in [0.15, 0.2) is 11.0 Å². The second kappa shape index (κ2) is 5.48. The van der Waals surface area contributed by atoms with Crippen LogP contribution in [0.5, 0.6) is 0 Å². The summed E-state index contributed by atoms with van der Waals surface area (Å²) >= 11 is 1.48. The lowest BCUT2D eigenvalue weighted by atomic mass is 10.5. The molecule has 2 heterocycles. The van der Waals surface area contributed by atoms with Crippen LogP contribution in [0.4, 0.5) is 11.6 Å². The molecular weight excluding hydrogens is 240 g/mol. The Kier molecular flexibility index (Phi) is 3.76. The van der Waals surface area contributed by atoms with Crippen LogP contribution in [0.15, 0.2) is 22.1 Å². The van der Waals surface area contributed by atoms with Crippen molar-refractivity contribution >= 4 is 23.4 Å². The molecule has 17 heavy (non-hydrogen) atoms. The van der Waals surface area contributed by atoms with Gasteiger partial charge in [-0.15, -0.1) is 0 Å². The van der Waals surface area contributed by atoms with E-state index in [1.54, 1.807) is 0 Å². The molecule has 0 aliphatic rings. The summed E-state index contributed by atoms with van der Waals surface area (Å²) in [6, 6.07) is 1.82. The van der Waals surface area contributed by atoms with Crippen LogP contribution in [0.1, 0.15) is 5.82 Å². The van der Waals surface area contributed by atoms with E-state index in [9.17, 15) is 0 Å². The van der Waals surface area contributed by atoms with E-state index in [4.69, 9.17) is 0 Å². The predicted molar refractivity (Wildman–Crippen MR) is 65.0 cm³/mol. The normalized spacial score (nSPS) is 10.2. The zero-order valence-corrected chi connectivity index (χ0v) is 10.3. The molecule has 2 N–H and O–H groups in total. The molecule has 0 aliphatic heterocycles. The topological polar surface area (TPSA) is 88.8 Å². The molecule has 0 aromatic carbocycles. The molecule has 2 rings (SSSR count). The van der Waals surface area contributed by atoms with Crippen LogP contribution >= 0.6 is 11.8 Å². The lowest BCUT2D eigenvalue weighted by molar-refractivity contribution is 0.411. The highest BCUT2D eigenvalue weighted by atomic mass is 32.2. The first-order chi connectivity index (χ1) is 8.31. The Morgan fingerprint density at radius 1 is 1.35 bits per heavy atom. The highest BCUT2D eigenvalue weighted by Gasteiger charge is 2.04. The van der Waals surface area contributed by atoms with Crippen molar-refractivity contribution in [1.29, 1.82) is 0 Å². The van der Waals surface area contributed by atoms with E-state index in [1.807, 2.05) is 19.4 Å². The molecule has 2 aromatic heterocycles. The van der Waals surface area contributed by atoms with Gasteiger partial charge in [-0.3, -0.25) is 0 Å². The Balaban J connectivity index is 2.09. The summed E-state index contributed by atoms with van der Waals surface area (Å²) in [7, 11) is 1.81. The highest BCUT2D eigenvalue weighted by molar-refractivity contribution is 7.98. The van der Waals surface area contributed by atoms with E-state index in [2.05, 4.69) is 35.3 Å². The minimum Gasteiger partial charge on any atom is -0.373 e. The number of hydrogen-bond acceptors (Lipinski definition) is 8. The van der Waals surface area contributed by atoms with Gasteiger partial charge in [-0.05, 0) is 6.26 Å². The maximum Gasteiger partial charge on any atom is 0.213 e. The molecule has 0 radical (unpaired) electrons. The Hall–Kier alpha value is -1.83. The zero-order chi connectivity index (χ0) is 12.1. The van der Waals surface area contributed by atoms with Crippen molar-refractivity contribution in [2.75, 3.05) is 23.9 Å². The fraction of sp³-hybridized carbons (Fsp3) is 0.333. The quantitative estimate of drug-likeness (QED) is 0.607. The first-order valence-electron chi connectivity index (χ1n) is 4.91. The highest BCUT2D eigenvalue weighted by Crippen LogP contribution is 2.17. The Morgan fingerprint density at radius 3 is 2.82 bits per heavy atom. The average Bonchev–Trinajstić information content (AvgIpc) is 2.89. The lowest BCUT2D eigenvalue weighted by Crippen LogP contribution is -2.05. The van der Waals surface area contributed by atoms with Crippen LogP contribution in [0.2, 0.25) is 0 Å². The minimum atomic E-state index is 0.463. The first-order valence-corrected chi connectivity index (χ1v) is 6.14. The zero-order valence-electron chi connectivity index (χ0n) is 9.47. The number of hydrogen-bond donors (Lipinski definition) is 2. The molecule has 0 bridgehead atoms. The number of anilines is 2. The number of aromatic nitrogens is 4. The van der Waals surface area contributed by atoms with Crippen molar-refractivity contribution in [3.63, 3.8) is 0 Å². The van der Waals surface area contributed by atoms with Crippen molar-refractivity contribution < 1.29 is 4.52 Å². The molecular formula is C9H12N6OS. The summed E-state index contributed by atoms with van der Waals surface area (Å²) in [5.41, 5.74) is 0. The monoisotopic (exact) mass is 252 g/mol. The maximum atomic E-state index is 4.64. The first kappa shape index (κ1) is 11.6. The molecule has 0 spiro atoms. The molecule has 7 nitrogen and oxygen atoms in total. The van der Waals surface area contributed by atoms with Gasteiger partial charge in [0.2, 0.25) is 6.39 Å². The van der Waals surface area contributed by atoms with E-state index < -0.39 is 0 Å². The fourth-order valence-corrected chi connectivity index (χ4v) is 1.55. The van der Waals surface area contributed by atoms with Crippen molar-refractivity contribution in [2.45, 2.75) is 11.7 Å². The van der Waals surface area contributed by atoms with Crippen LogP contribution in [0.25, 0.3) is 0 Å². The number of nitrogens with one attached hydrogen (secondary N) is 2. The standard InChI is InChI=1S/C9H12N6OS/c1-10-6-3-7(14-9(13-6)17-2)11-4-8-12-5-16-15-8/h3,5H,4H2,1-2H3,(H2,10,11,13,14). The van der Waals surface area contributed by atoms with Crippen molar-refractivity contribution in [2.24, 2.45) is 0 Å². The summed E-state index contributed by atoms with van der Waals surface area (Å²) in [4.78, 5) is 12.5. The third-order valence-corrected chi connectivity index (χ3v) is 2.53. The van der Waals surface area contributed by atoms with E-state index >= 15 is 0 Å². The van der Waals surface area contributed by atoms with E-state index in [1.165, 1.54) is 18.2 Å². The van der Waals surface area contributed by atoms with Gasteiger partial charge in [0.25, 0.3) is 0 Å². The lowest BCUT2D eigenvalue weighted by Gasteiger charge is -2.07. The molecule has 2 aromatic rings. The summed E-state index contributed by atoms with van der Waals surface area (Å²) in [5.74, 6) is 2.07. The molecule has 0 amide bonds. The second-order valence-corrected chi connectivity index (χ2v) is 3.85. The van der Waals surface area contributed by atoms with E-state index in [0.717, 1.165) is 11.6 Å². The number of rotatable bonds is 5. The predicted octanol–water partition coefficient (Wildman–Crippen LogP) is 1.24. The minimum absolute atomic E-state index is 0.463. The van der Waals surface area contributed by atoms with Crippen LogP contribution in [-0.4, -0.2) is 33.4 Å². The van der Waals surface area contributed by atoms with E-state index in [-0.39, 0.29) is 0 Å². The fourth-order valence-electron chi connectivity index (χ4n) is 1.17. The Bertz CT molecular complexity index is 452. The molecule has 0 aliphatic carbocycles. The second-order valence-electron chi connectivity index (χ2n) is 3.08. The van der Waals surface area contributed by atoms with Gasteiger partial charge in [-0.1, -0.05) is 16.9 Å². The van der Waals surface area contributed by atoms with Gasteiger partial charge in [-0.25, -0.2) is 9.97 Å². The smallest absolute Gasteiger partial charge is 0.213 e. The molecule has 0 saturated heterocycles. The Morgan fingerprint density at radius 2 is 2.18 bits per heavy atom. The maximum absolute atomic E-state index is 4.64. The van der Waals surface area contributed by atoms with Crippen molar-refractivity contribution in [1.82, 2.24) is 20.1 Å². The largest absolute Gasteiger partial charge is 0.373 e. The Labute approximate surface area is 102 Å². The van der Waals surface area contributed by atoms with Crippen molar-refractivity contribution in [3.05, 3.63) is 18.3 Å². The van der Waals surface area contributed by atoms with Crippen molar-refractivity contribution in [3.8, 4) is 0 Å². The molecule has 0 unspecified atom stereocenters. The number of nitrogens with zero attached hydrogens (tertiary/aromatic N) is 4. The van der Waals surface area contributed by atoms with Crippen LogP contribution in [0.3, 0.4) is 0 Å². The summed E-state index contributed by atoms with van der Waals surface area (Å²) < 4.78 is 4.64. The van der Waals surface area contributed by atoms with Crippen LogP contribution < -0.4 is 10.6 Å². The molecule has 0 saturated carbocycles. The van der Waals surface area contributed by atoms with Crippen LogP contribution in [-0.2, 0) is 6.54 Å². The van der Waals surface area contributed by atoms with Gasteiger partial charge >= 0.3 is 0 Å². The van der Waals surface area contributed by atoms with Gasteiger partial charge in [0.05, 0.1) is 6.54 Å². The summed E-state index contributed by atoms with van der Waals surface area (Å²) in [6.45, 7) is 0.463. The van der Waals surface area contributed by atoms with Gasteiger partial charge < -0.3 is 15.2 Å². The molecule has 0 fully saturated rings. The van der Waals surface area contributed by atoms with E-state index in [0.29, 0.717) is 17.5 Å². The third kappa shape index (κ3) is 3.06. The van der Waals surface area contributed by atoms with Gasteiger partial charge in [-0.2, -0.15) is 4.98 Å². The van der Waals surface area contributed by atoms with Gasteiger partial charge in [0.1, 0.15) is 11.6 Å². The molecule has 0 atom stereocenters. The molecule has 8 heteroatoms. The number of thioether (sulfide) groups is 1. The summed E-state index contributed by atoms with van der Waals surface area (Å²) in [5, 5.41) is 10.5. The average molecular weight is 252 g/mol. The third-order valence-electron chi connectivity index (χ3n) is 1.98.